The highest BCUT2D eigenvalue weighted by molar-refractivity contribution is 5.82. The molecule has 0 unspecified atom stereocenters. The molecule has 0 saturated carbocycles. The van der Waals surface area contributed by atoms with Crippen LogP contribution in [0.5, 0.6) is 0 Å². The molecule has 0 radical (unpaired) electrons. The standard InChI is InChI=1S/C20H17F7N2O.C15H11F6N/c21-16-8-17(28-10-16)18(30)29-9-11-2-1-3-12(4-11)13-5-14(19(22,23)24)7-15(6-13)20(25,26)27;16-14(17,18)12-5-11(6-13(7-12)15(19,20)21)10-3-1-2-9(4-10)8-22/h1-7,16-17,28H,8-10H2,(H,29,30);1-7H,8,22H2/t16-,17-;/m0./s1. The molecule has 5 rings (SSSR count). The second-order valence-electron chi connectivity index (χ2n) is 11.7. The first-order chi connectivity index (χ1) is 24.0. The monoisotopic (exact) mass is 753 g/mol. The Bertz CT molecular complexity index is 1800. The Morgan fingerprint density at radius 3 is 1.38 bits per heavy atom. The molecule has 1 saturated heterocycles. The zero-order valence-corrected chi connectivity index (χ0v) is 26.5. The van der Waals surface area contributed by atoms with E-state index in [0.29, 0.717) is 35.4 Å². The summed E-state index contributed by atoms with van der Waals surface area (Å²) < 4.78 is 168. The Hall–Kier alpha value is -4.64. The van der Waals surface area contributed by atoms with E-state index in [4.69, 9.17) is 5.73 Å². The van der Waals surface area contributed by atoms with Gasteiger partial charge in [0, 0.05) is 26.1 Å². The zero-order valence-electron chi connectivity index (χ0n) is 26.5. The van der Waals surface area contributed by atoms with E-state index in [-0.39, 0.29) is 60.4 Å². The van der Waals surface area contributed by atoms with Crippen molar-refractivity contribution in [3.8, 4) is 22.3 Å². The molecular weight excluding hydrogens is 725 g/mol. The van der Waals surface area contributed by atoms with Crippen molar-refractivity contribution in [1.29, 1.82) is 0 Å². The normalized spacial score (nSPS) is 16.7. The van der Waals surface area contributed by atoms with E-state index in [2.05, 4.69) is 10.6 Å². The fourth-order valence-electron chi connectivity index (χ4n) is 5.19. The number of carbonyl (C=O) groups excluding carboxylic acids is 1. The highest BCUT2D eigenvalue weighted by atomic mass is 19.4. The lowest BCUT2D eigenvalue weighted by Crippen LogP contribution is -2.39. The zero-order chi connectivity index (χ0) is 38.6. The van der Waals surface area contributed by atoms with E-state index in [1.807, 2.05) is 0 Å². The van der Waals surface area contributed by atoms with Crippen LogP contribution in [0.15, 0.2) is 84.9 Å². The number of halogens is 13. The molecule has 280 valence electrons. The van der Waals surface area contributed by atoms with Gasteiger partial charge in [0.15, 0.2) is 0 Å². The third-order valence-electron chi connectivity index (χ3n) is 7.79. The quantitative estimate of drug-likeness (QED) is 0.172. The summed E-state index contributed by atoms with van der Waals surface area (Å²) in [6.45, 7) is 0.205. The van der Waals surface area contributed by atoms with Crippen molar-refractivity contribution in [3.05, 3.63) is 118 Å². The first-order valence-corrected chi connectivity index (χ1v) is 15.2. The van der Waals surface area contributed by atoms with Crippen LogP contribution in [0.3, 0.4) is 0 Å². The summed E-state index contributed by atoms with van der Waals surface area (Å²) in [5.74, 6) is -0.432. The lowest BCUT2D eigenvalue weighted by Gasteiger charge is -2.15. The summed E-state index contributed by atoms with van der Waals surface area (Å²) in [5, 5.41) is 5.30. The van der Waals surface area contributed by atoms with Crippen LogP contribution in [-0.2, 0) is 42.6 Å². The van der Waals surface area contributed by atoms with Crippen LogP contribution in [0.4, 0.5) is 57.1 Å². The SMILES string of the molecule is NCc1cccc(-c2cc(C(F)(F)F)cc(C(F)(F)F)c2)c1.O=C(NCc1cccc(-c2cc(C(F)(F)F)cc(C(F)(F)F)c2)c1)[C@@H]1C[C@H](F)CN1. The van der Waals surface area contributed by atoms with Crippen molar-refractivity contribution in [2.45, 2.75) is 56.4 Å². The van der Waals surface area contributed by atoms with Gasteiger partial charge in [0.1, 0.15) is 6.17 Å². The second-order valence-corrected chi connectivity index (χ2v) is 11.7. The van der Waals surface area contributed by atoms with Crippen LogP contribution in [0.1, 0.15) is 39.8 Å². The Morgan fingerprint density at radius 2 is 1.02 bits per heavy atom. The van der Waals surface area contributed by atoms with Crippen molar-refractivity contribution in [3.63, 3.8) is 0 Å². The van der Waals surface area contributed by atoms with Gasteiger partial charge in [-0.15, -0.1) is 0 Å². The summed E-state index contributed by atoms with van der Waals surface area (Å²) in [5.41, 5.74) is 1.03. The van der Waals surface area contributed by atoms with Crippen molar-refractivity contribution in [2.75, 3.05) is 6.54 Å². The first kappa shape index (κ1) is 40.1. The fraction of sp³-hybridized carbons (Fsp3) is 0.286. The van der Waals surface area contributed by atoms with E-state index in [1.54, 1.807) is 12.1 Å². The number of benzene rings is 4. The van der Waals surface area contributed by atoms with Crippen LogP contribution in [0, 0.1) is 0 Å². The molecule has 4 N–H and O–H groups in total. The molecule has 4 aromatic carbocycles. The average molecular weight is 754 g/mol. The van der Waals surface area contributed by atoms with Gasteiger partial charge in [-0.1, -0.05) is 36.4 Å². The number of carbonyl (C=O) groups is 1. The molecule has 1 aliphatic rings. The van der Waals surface area contributed by atoms with Crippen molar-refractivity contribution >= 4 is 5.91 Å². The number of nitrogens with one attached hydrogen (secondary N) is 2. The predicted octanol–water partition coefficient (Wildman–Crippen LogP) is 9.56. The van der Waals surface area contributed by atoms with Crippen LogP contribution < -0.4 is 16.4 Å². The summed E-state index contributed by atoms with van der Waals surface area (Å²) in [6.07, 6.45) is -20.7. The van der Waals surface area contributed by atoms with Gasteiger partial charge in [0.05, 0.1) is 28.3 Å². The Labute approximate surface area is 287 Å². The number of alkyl halides is 13. The minimum atomic E-state index is -4.94. The van der Waals surface area contributed by atoms with Crippen LogP contribution in [-0.4, -0.2) is 24.7 Å². The highest BCUT2D eigenvalue weighted by Crippen LogP contribution is 2.40. The van der Waals surface area contributed by atoms with Gasteiger partial charge in [0.25, 0.3) is 0 Å². The van der Waals surface area contributed by atoms with Crippen molar-refractivity contribution in [1.82, 2.24) is 10.6 Å². The highest BCUT2D eigenvalue weighted by Gasteiger charge is 2.38. The van der Waals surface area contributed by atoms with Gasteiger partial charge in [-0.05, 0) is 81.9 Å². The van der Waals surface area contributed by atoms with Gasteiger partial charge in [-0.25, -0.2) is 4.39 Å². The second kappa shape index (κ2) is 15.5. The van der Waals surface area contributed by atoms with Gasteiger partial charge in [-0.2, -0.15) is 52.7 Å². The van der Waals surface area contributed by atoms with Crippen LogP contribution in [0.2, 0.25) is 0 Å². The van der Waals surface area contributed by atoms with E-state index < -0.39 is 65.1 Å². The number of hydrogen-bond donors (Lipinski definition) is 3. The largest absolute Gasteiger partial charge is 0.416 e. The summed E-state index contributed by atoms with van der Waals surface area (Å²) in [4.78, 5) is 12.0. The average Bonchev–Trinajstić information content (AvgIpc) is 3.52. The number of hydrogen-bond acceptors (Lipinski definition) is 3. The molecule has 1 amide bonds. The lowest BCUT2D eigenvalue weighted by molar-refractivity contribution is -0.144. The summed E-state index contributed by atoms with van der Waals surface area (Å²) in [7, 11) is 0. The number of rotatable bonds is 6. The topological polar surface area (TPSA) is 67.2 Å². The molecular formula is C35H28F13N3O. The Morgan fingerprint density at radius 1 is 0.615 bits per heavy atom. The van der Waals surface area contributed by atoms with Crippen LogP contribution >= 0.6 is 0 Å². The van der Waals surface area contributed by atoms with Crippen LogP contribution in [0.25, 0.3) is 22.3 Å². The van der Waals surface area contributed by atoms with E-state index in [1.165, 1.54) is 36.4 Å². The molecule has 17 heteroatoms. The number of nitrogens with two attached hydrogens (primary N) is 1. The smallest absolute Gasteiger partial charge is 0.351 e. The molecule has 0 spiro atoms. The van der Waals surface area contributed by atoms with Gasteiger partial charge < -0.3 is 16.4 Å². The predicted molar refractivity (Wildman–Crippen MR) is 165 cm³/mol. The van der Waals surface area contributed by atoms with Gasteiger partial charge in [0.2, 0.25) is 5.91 Å². The van der Waals surface area contributed by atoms with Gasteiger partial charge in [-0.3, -0.25) is 4.79 Å². The molecule has 4 aromatic rings. The maximum Gasteiger partial charge on any atom is 0.416 e. The third-order valence-corrected chi connectivity index (χ3v) is 7.79. The molecule has 0 bridgehead atoms. The maximum absolute atomic E-state index is 13.2. The number of amides is 1. The molecule has 52 heavy (non-hydrogen) atoms. The molecule has 2 atom stereocenters. The van der Waals surface area contributed by atoms with Crippen molar-refractivity contribution < 1.29 is 61.9 Å². The van der Waals surface area contributed by atoms with Crippen molar-refractivity contribution in [2.24, 2.45) is 5.73 Å². The van der Waals surface area contributed by atoms with E-state index in [9.17, 15) is 61.9 Å². The maximum atomic E-state index is 13.2. The first-order valence-electron chi connectivity index (χ1n) is 15.2. The molecule has 0 aliphatic carbocycles. The molecule has 0 aromatic heterocycles. The molecule has 1 fully saturated rings. The minimum Gasteiger partial charge on any atom is -0.351 e. The molecule has 1 aliphatic heterocycles. The molecule has 1 heterocycles. The summed E-state index contributed by atoms with van der Waals surface area (Å²) >= 11 is 0. The Kier molecular flexibility index (Phi) is 12.0. The third kappa shape index (κ3) is 10.7. The molecule has 4 nitrogen and oxygen atoms in total. The van der Waals surface area contributed by atoms with Gasteiger partial charge >= 0.3 is 24.7 Å². The Balaban J connectivity index is 0.000000244. The summed E-state index contributed by atoms with van der Waals surface area (Å²) in [6, 6.07) is 14.1. The lowest BCUT2D eigenvalue weighted by atomic mass is 9.97. The fourth-order valence-corrected chi connectivity index (χ4v) is 5.19. The van der Waals surface area contributed by atoms with E-state index in [0.717, 1.165) is 0 Å². The minimum absolute atomic E-state index is 0.00705. The van der Waals surface area contributed by atoms with E-state index >= 15 is 0 Å².